The Bertz CT molecular complexity index is 2880. The zero-order valence-corrected chi connectivity index (χ0v) is 44.3. The van der Waals surface area contributed by atoms with E-state index in [0.717, 1.165) is 18.8 Å². The van der Waals surface area contributed by atoms with Gasteiger partial charge in [0, 0.05) is 21.8 Å². The molecule has 0 spiro atoms. The van der Waals surface area contributed by atoms with Crippen LogP contribution in [0.5, 0.6) is 0 Å². The molecular formula is C67H81N. The van der Waals surface area contributed by atoms with Crippen molar-refractivity contribution in [1.29, 1.82) is 0 Å². The molecule has 0 unspecified atom stereocenters. The van der Waals surface area contributed by atoms with Crippen molar-refractivity contribution in [2.45, 2.75) is 147 Å². The lowest BCUT2D eigenvalue weighted by Gasteiger charge is -2.33. The van der Waals surface area contributed by atoms with E-state index in [1.165, 1.54) is 121 Å². The molecule has 10 rings (SSSR count). The second-order valence-electron chi connectivity index (χ2n) is 19.7. The Balaban J connectivity index is 0.000000213. The highest BCUT2D eigenvalue weighted by atomic mass is 15.0. The summed E-state index contributed by atoms with van der Waals surface area (Å²) in [6.45, 7) is 30.7. The van der Waals surface area contributed by atoms with Gasteiger partial charge in [-0.25, -0.2) is 0 Å². The van der Waals surface area contributed by atoms with Crippen LogP contribution in [0, 0.1) is 54.4 Å². The maximum Gasteiger partial charge on any atom is 0.0541 e. The van der Waals surface area contributed by atoms with E-state index in [4.69, 9.17) is 0 Å². The summed E-state index contributed by atoms with van der Waals surface area (Å²) in [6, 6.07) is 49.2. The van der Waals surface area contributed by atoms with Crippen LogP contribution >= 0.6 is 0 Å². The number of aryl methyl sites for hydroxylation is 7. The number of hydrogen-bond donors (Lipinski definition) is 0. The fraction of sp³-hybridized carbons (Fsp3) is 0.343. The summed E-state index contributed by atoms with van der Waals surface area (Å²) in [4.78, 5) is 0. The standard InChI is InChI=1S/C38H39N.C15H16.C7H8.C5H12.C2H6/c1-6-18-38(19-7-2)32-22-26(5)12-15-29(32)37-28-11-9-8-10-27(28)36(23-33(37)38)39-34-16-13-24(3)20-30(34)31-21-25(4)14-17-35(31)39;1-11-7-4-5-10-14(11)15-12(2)8-6-9-13(15)3;1-7-5-3-2-4-6-7;1-4-5(2)3;1-2/h8,10,12-17,20-23H,6-7,9,11,18-19H2,1-5H3;4-10H,1-3H3;2-6H,1H3;5H,4H2,1-3H3;1-2H3. The lowest BCUT2D eigenvalue weighted by molar-refractivity contribution is 0.435. The summed E-state index contributed by atoms with van der Waals surface area (Å²) in [5.74, 6) is 0.884. The van der Waals surface area contributed by atoms with E-state index in [1.54, 1.807) is 22.3 Å². The van der Waals surface area contributed by atoms with E-state index >= 15 is 0 Å². The smallest absolute Gasteiger partial charge is 0.0541 e. The van der Waals surface area contributed by atoms with Crippen molar-refractivity contribution in [2.75, 3.05) is 0 Å². The van der Waals surface area contributed by atoms with E-state index in [2.05, 4.69) is 215 Å². The number of rotatable bonds is 7. The number of benzene rings is 7. The van der Waals surface area contributed by atoms with Crippen molar-refractivity contribution in [3.05, 3.63) is 201 Å². The molecule has 0 bridgehead atoms. The SMILES string of the molecule is CC.CCC(C)C.CCCC1(CCC)c2cc(C)ccc2-c2c1cc(-n1c3ccc(C)cc3c3cc(C)ccc31)c1c2CCC=C1.Cc1ccccc1.Cc1ccccc1-c1c(C)cccc1C. The molecule has 0 amide bonds. The number of aromatic nitrogens is 1. The van der Waals surface area contributed by atoms with Gasteiger partial charge in [-0.15, -0.1) is 0 Å². The van der Waals surface area contributed by atoms with Crippen LogP contribution in [0.15, 0.2) is 140 Å². The third-order valence-corrected chi connectivity index (χ3v) is 14.1. The molecule has 68 heavy (non-hydrogen) atoms. The summed E-state index contributed by atoms with van der Waals surface area (Å²) in [5.41, 5.74) is 25.3. The van der Waals surface area contributed by atoms with Gasteiger partial charge in [0.2, 0.25) is 0 Å². The van der Waals surface area contributed by atoms with Crippen LogP contribution in [-0.4, -0.2) is 4.57 Å². The molecule has 1 heterocycles. The Morgan fingerprint density at radius 1 is 0.515 bits per heavy atom. The first-order valence-corrected chi connectivity index (χ1v) is 26.0. The van der Waals surface area contributed by atoms with Crippen molar-refractivity contribution in [3.63, 3.8) is 0 Å². The Morgan fingerprint density at radius 2 is 1.04 bits per heavy atom. The summed E-state index contributed by atoms with van der Waals surface area (Å²) < 4.78 is 2.58. The molecule has 1 heteroatoms. The summed E-state index contributed by atoms with van der Waals surface area (Å²) in [6.07, 6.45) is 13.1. The van der Waals surface area contributed by atoms with Crippen LogP contribution < -0.4 is 0 Å². The van der Waals surface area contributed by atoms with Crippen LogP contribution in [-0.2, 0) is 11.8 Å². The fourth-order valence-electron chi connectivity index (χ4n) is 10.6. The van der Waals surface area contributed by atoms with Gasteiger partial charge in [-0.05, 0) is 166 Å². The van der Waals surface area contributed by atoms with Crippen LogP contribution in [0.2, 0.25) is 0 Å². The fourth-order valence-corrected chi connectivity index (χ4v) is 10.6. The van der Waals surface area contributed by atoms with Gasteiger partial charge in [0.1, 0.15) is 0 Å². The van der Waals surface area contributed by atoms with Crippen molar-refractivity contribution >= 4 is 27.9 Å². The normalized spacial score (nSPS) is 12.6. The first-order chi connectivity index (χ1) is 32.8. The molecule has 1 nitrogen and oxygen atoms in total. The molecule has 2 aliphatic carbocycles. The first kappa shape index (κ1) is 51.5. The Labute approximate surface area is 412 Å². The van der Waals surface area contributed by atoms with Crippen molar-refractivity contribution < 1.29 is 0 Å². The minimum atomic E-state index is 0.0804. The summed E-state index contributed by atoms with van der Waals surface area (Å²) >= 11 is 0. The molecule has 0 N–H and O–H groups in total. The number of fused-ring (bicyclic) bond motifs is 8. The van der Waals surface area contributed by atoms with Crippen LogP contribution in [0.4, 0.5) is 0 Å². The second-order valence-corrected chi connectivity index (χ2v) is 19.7. The molecular weight excluding hydrogens is 819 g/mol. The molecule has 0 fully saturated rings. The molecule has 0 saturated carbocycles. The largest absolute Gasteiger partial charge is 0.309 e. The van der Waals surface area contributed by atoms with Crippen LogP contribution in [0.25, 0.3) is 55.8 Å². The zero-order valence-electron chi connectivity index (χ0n) is 44.3. The lowest BCUT2D eigenvalue weighted by Crippen LogP contribution is -2.25. The average molecular weight is 900 g/mol. The monoisotopic (exact) mass is 900 g/mol. The minimum Gasteiger partial charge on any atom is -0.309 e. The van der Waals surface area contributed by atoms with Gasteiger partial charge in [-0.3, -0.25) is 0 Å². The second kappa shape index (κ2) is 23.4. The molecule has 1 aromatic heterocycles. The summed E-state index contributed by atoms with van der Waals surface area (Å²) in [5, 5.41) is 2.71. The highest BCUT2D eigenvalue weighted by molar-refractivity contribution is 6.10. The predicted octanol–water partition coefficient (Wildman–Crippen LogP) is 19.9. The van der Waals surface area contributed by atoms with Crippen LogP contribution in [0.1, 0.15) is 148 Å². The van der Waals surface area contributed by atoms with Gasteiger partial charge in [0.15, 0.2) is 0 Å². The molecule has 354 valence electrons. The third-order valence-electron chi connectivity index (χ3n) is 14.1. The molecule has 2 aliphatic rings. The zero-order chi connectivity index (χ0) is 49.1. The maximum absolute atomic E-state index is 2.61. The minimum absolute atomic E-state index is 0.0804. The van der Waals surface area contributed by atoms with E-state index in [-0.39, 0.29) is 5.41 Å². The molecule has 0 atom stereocenters. The van der Waals surface area contributed by atoms with E-state index < -0.39 is 0 Å². The quantitative estimate of drug-likeness (QED) is 0.150. The molecule has 0 radical (unpaired) electrons. The maximum atomic E-state index is 2.61. The first-order valence-electron chi connectivity index (χ1n) is 26.0. The highest BCUT2D eigenvalue weighted by Crippen LogP contribution is 2.57. The van der Waals surface area contributed by atoms with E-state index in [1.807, 2.05) is 32.0 Å². The lowest BCUT2D eigenvalue weighted by atomic mass is 9.70. The van der Waals surface area contributed by atoms with Gasteiger partial charge >= 0.3 is 0 Å². The Hall–Kier alpha value is -5.92. The Kier molecular flexibility index (Phi) is 17.7. The van der Waals surface area contributed by atoms with Gasteiger partial charge in [-0.2, -0.15) is 0 Å². The average Bonchev–Trinajstić information content (AvgIpc) is 3.79. The molecule has 0 saturated heterocycles. The van der Waals surface area contributed by atoms with Gasteiger partial charge < -0.3 is 4.57 Å². The van der Waals surface area contributed by atoms with Crippen molar-refractivity contribution in [3.8, 4) is 27.9 Å². The number of hydrogen-bond acceptors (Lipinski definition) is 0. The van der Waals surface area contributed by atoms with Gasteiger partial charge in [0.25, 0.3) is 0 Å². The highest BCUT2D eigenvalue weighted by Gasteiger charge is 2.44. The van der Waals surface area contributed by atoms with Crippen molar-refractivity contribution in [1.82, 2.24) is 4.57 Å². The molecule has 0 aliphatic heterocycles. The summed E-state index contributed by atoms with van der Waals surface area (Å²) in [7, 11) is 0. The molecule has 7 aromatic carbocycles. The third kappa shape index (κ3) is 10.8. The van der Waals surface area contributed by atoms with E-state index in [9.17, 15) is 0 Å². The Morgan fingerprint density at radius 3 is 1.57 bits per heavy atom. The molecule has 8 aromatic rings. The van der Waals surface area contributed by atoms with Crippen molar-refractivity contribution in [2.24, 2.45) is 5.92 Å². The number of allylic oxidation sites excluding steroid dienone is 1. The van der Waals surface area contributed by atoms with E-state index in [0.29, 0.717) is 0 Å². The topological polar surface area (TPSA) is 4.93 Å². The van der Waals surface area contributed by atoms with Crippen LogP contribution in [0.3, 0.4) is 0 Å². The predicted molar refractivity (Wildman–Crippen MR) is 302 cm³/mol. The number of nitrogens with zero attached hydrogens (tertiary/aromatic N) is 1. The van der Waals surface area contributed by atoms with Gasteiger partial charge in [-0.1, -0.05) is 205 Å². The van der Waals surface area contributed by atoms with Gasteiger partial charge in [0.05, 0.1) is 16.7 Å².